The third-order valence-corrected chi connectivity index (χ3v) is 13.3. The van der Waals surface area contributed by atoms with Gasteiger partial charge in [0.05, 0.1) is 5.41 Å². The Bertz CT molecular complexity index is 1070. The number of hydrogen-bond donors (Lipinski definition) is 1. The SMILES string of the molecule is CC(=O)O[C@@H]1CC[C@]2(C)[C@H]3C(=O)C=C4[C@@H]5C[C@@](C)(C(=O)O)CC[C@@]5(C)CC[C@]4(C)[C@@]3(C)CC[C@H]2C1(C)C. The van der Waals surface area contributed by atoms with Crippen LogP contribution in [0.2, 0.25) is 0 Å². The first-order chi connectivity index (χ1) is 16.9. The van der Waals surface area contributed by atoms with Gasteiger partial charge in [0.25, 0.3) is 0 Å². The molecule has 0 aromatic rings. The van der Waals surface area contributed by atoms with Crippen molar-refractivity contribution >= 4 is 17.7 Å². The summed E-state index contributed by atoms with van der Waals surface area (Å²) in [6.45, 7) is 17.4. The first kappa shape index (κ1) is 26.9. The maximum absolute atomic E-state index is 14.4. The van der Waals surface area contributed by atoms with Crippen LogP contribution in [0.1, 0.15) is 113 Å². The molecule has 0 radical (unpaired) electrons. The highest BCUT2D eigenvalue weighted by molar-refractivity contribution is 5.95. The van der Waals surface area contributed by atoms with Crippen LogP contribution < -0.4 is 0 Å². The molecule has 0 amide bonds. The maximum atomic E-state index is 14.4. The summed E-state index contributed by atoms with van der Waals surface area (Å²) < 4.78 is 5.82. The molecule has 5 aliphatic rings. The maximum Gasteiger partial charge on any atom is 0.309 e. The highest BCUT2D eigenvalue weighted by atomic mass is 16.5. The molecule has 37 heavy (non-hydrogen) atoms. The summed E-state index contributed by atoms with van der Waals surface area (Å²) in [7, 11) is 0. The zero-order valence-electron chi connectivity index (χ0n) is 24.3. The van der Waals surface area contributed by atoms with E-state index in [0.29, 0.717) is 18.8 Å². The molecule has 5 nitrogen and oxygen atoms in total. The second-order valence-corrected chi connectivity index (χ2v) is 15.5. The molecule has 206 valence electrons. The van der Waals surface area contributed by atoms with E-state index in [9.17, 15) is 19.5 Å². The Labute approximate surface area is 223 Å². The number of ether oxygens (including phenoxy) is 1. The highest BCUT2D eigenvalue weighted by Crippen LogP contribution is 2.75. The first-order valence-corrected chi connectivity index (χ1v) is 14.6. The molecule has 4 fully saturated rings. The minimum atomic E-state index is -0.729. The van der Waals surface area contributed by atoms with Crippen molar-refractivity contribution in [1.29, 1.82) is 0 Å². The van der Waals surface area contributed by atoms with Gasteiger partial charge in [-0.2, -0.15) is 0 Å². The average molecular weight is 513 g/mol. The van der Waals surface area contributed by atoms with E-state index >= 15 is 0 Å². The average Bonchev–Trinajstić information content (AvgIpc) is 2.78. The van der Waals surface area contributed by atoms with E-state index in [-0.39, 0.29) is 56.8 Å². The number of carbonyl (C=O) groups is 3. The largest absolute Gasteiger partial charge is 0.481 e. The van der Waals surface area contributed by atoms with Gasteiger partial charge in [0, 0.05) is 18.3 Å². The van der Waals surface area contributed by atoms with Crippen LogP contribution in [0.5, 0.6) is 0 Å². The number of fused-ring (bicyclic) bond motifs is 7. The second kappa shape index (κ2) is 7.94. The van der Waals surface area contributed by atoms with Crippen LogP contribution in [0.4, 0.5) is 0 Å². The van der Waals surface area contributed by atoms with Gasteiger partial charge in [-0.1, -0.05) is 47.1 Å². The van der Waals surface area contributed by atoms with E-state index in [0.717, 1.165) is 44.9 Å². The lowest BCUT2D eigenvalue weighted by atomic mass is 9.33. The van der Waals surface area contributed by atoms with Gasteiger partial charge < -0.3 is 9.84 Å². The van der Waals surface area contributed by atoms with Crippen molar-refractivity contribution in [3.05, 3.63) is 11.6 Å². The first-order valence-electron chi connectivity index (χ1n) is 14.6. The summed E-state index contributed by atoms with van der Waals surface area (Å²) in [5.41, 5.74) is -0.0327. The molecule has 5 rings (SSSR count). The van der Waals surface area contributed by atoms with Crippen LogP contribution >= 0.6 is 0 Å². The minimum Gasteiger partial charge on any atom is -0.481 e. The predicted octanol–water partition coefficient (Wildman–Crippen LogP) is 6.98. The molecule has 0 aromatic carbocycles. The zero-order valence-corrected chi connectivity index (χ0v) is 24.3. The molecule has 0 heterocycles. The Hall–Kier alpha value is -1.65. The van der Waals surface area contributed by atoms with Crippen LogP contribution in [0, 0.1) is 50.2 Å². The molecule has 0 spiro atoms. The highest BCUT2D eigenvalue weighted by Gasteiger charge is 2.70. The van der Waals surface area contributed by atoms with Crippen LogP contribution in [0.25, 0.3) is 0 Å². The van der Waals surface area contributed by atoms with Gasteiger partial charge in [-0.15, -0.1) is 0 Å². The van der Waals surface area contributed by atoms with Gasteiger partial charge in [0.2, 0.25) is 0 Å². The number of carbonyl (C=O) groups excluding carboxylic acids is 2. The topological polar surface area (TPSA) is 80.7 Å². The Kier molecular flexibility index (Phi) is 5.78. The molecule has 0 bridgehead atoms. The van der Waals surface area contributed by atoms with E-state index in [1.165, 1.54) is 12.5 Å². The molecular formula is C32H48O5. The fourth-order valence-corrected chi connectivity index (χ4v) is 10.8. The van der Waals surface area contributed by atoms with E-state index in [4.69, 9.17) is 4.74 Å². The van der Waals surface area contributed by atoms with Gasteiger partial charge in [0.1, 0.15) is 6.10 Å². The Morgan fingerprint density at radius 2 is 1.57 bits per heavy atom. The fourth-order valence-electron chi connectivity index (χ4n) is 10.8. The molecule has 5 heteroatoms. The van der Waals surface area contributed by atoms with E-state index in [1.54, 1.807) is 0 Å². The number of carboxylic acids is 1. The molecular weight excluding hydrogens is 464 g/mol. The quantitative estimate of drug-likeness (QED) is 0.404. The lowest BCUT2D eigenvalue weighted by molar-refractivity contribution is -0.210. The lowest BCUT2D eigenvalue weighted by Gasteiger charge is -2.70. The van der Waals surface area contributed by atoms with Crippen molar-refractivity contribution < 1.29 is 24.2 Å². The number of aliphatic carboxylic acids is 1. The van der Waals surface area contributed by atoms with Crippen molar-refractivity contribution in [1.82, 2.24) is 0 Å². The summed E-state index contributed by atoms with van der Waals surface area (Å²) in [4.78, 5) is 38.5. The summed E-state index contributed by atoms with van der Waals surface area (Å²) in [6, 6.07) is 0. The number of ketones is 1. The van der Waals surface area contributed by atoms with Gasteiger partial charge >= 0.3 is 11.9 Å². The Balaban J connectivity index is 1.58. The van der Waals surface area contributed by atoms with Crippen LogP contribution in [0.15, 0.2) is 11.6 Å². The summed E-state index contributed by atoms with van der Waals surface area (Å²) in [5, 5.41) is 10.1. The Morgan fingerprint density at radius 1 is 0.919 bits per heavy atom. The smallest absolute Gasteiger partial charge is 0.309 e. The van der Waals surface area contributed by atoms with Crippen LogP contribution in [-0.4, -0.2) is 28.9 Å². The summed E-state index contributed by atoms with van der Waals surface area (Å²) in [6.07, 6.45) is 10.0. The van der Waals surface area contributed by atoms with Crippen molar-refractivity contribution in [3.8, 4) is 0 Å². The predicted molar refractivity (Wildman–Crippen MR) is 143 cm³/mol. The Morgan fingerprint density at radius 3 is 2.19 bits per heavy atom. The fraction of sp³-hybridized carbons (Fsp3) is 0.844. The number of allylic oxidation sites excluding steroid dienone is 2. The third kappa shape index (κ3) is 3.43. The van der Waals surface area contributed by atoms with Crippen molar-refractivity contribution in [2.75, 3.05) is 0 Å². The van der Waals surface area contributed by atoms with Gasteiger partial charge in [-0.3, -0.25) is 14.4 Å². The standard InChI is InChI=1S/C32H48O5/c1-19(33)37-24-10-11-30(6)23(27(24,2)3)9-12-32(8)25(30)22(34)17-20-21-18-29(5,26(35)36)14-13-28(21,4)15-16-31(20,32)7/h17,21,23-25H,9-16,18H2,1-8H3,(H,35,36)/t21-,23-,24+,25+,28-,29-,30-,31-,32-/m0/s1. The van der Waals surface area contributed by atoms with E-state index in [2.05, 4.69) is 41.5 Å². The molecule has 0 aliphatic heterocycles. The monoisotopic (exact) mass is 512 g/mol. The number of carboxylic acid groups (broad SMARTS) is 1. The number of hydrogen-bond acceptors (Lipinski definition) is 4. The lowest BCUT2D eigenvalue weighted by Crippen LogP contribution is -2.66. The van der Waals surface area contributed by atoms with E-state index < -0.39 is 11.4 Å². The molecule has 0 unspecified atom stereocenters. The van der Waals surface area contributed by atoms with Crippen LogP contribution in [0.3, 0.4) is 0 Å². The summed E-state index contributed by atoms with van der Waals surface area (Å²) >= 11 is 0. The van der Waals surface area contributed by atoms with Crippen molar-refractivity contribution in [3.63, 3.8) is 0 Å². The van der Waals surface area contributed by atoms with Crippen molar-refractivity contribution in [2.45, 2.75) is 119 Å². The molecule has 1 N–H and O–H groups in total. The molecule has 4 saturated carbocycles. The number of rotatable bonds is 2. The van der Waals surface area contributed by atoms with Crippen molar-refractivity contribution in [2.24, 2.45) is 50.2 Å². The molecule has 0 aromatic heterocycles. The zero-order chi connectivity index (χ0) is 27.4. The number of esters is 1. The van der Waals surface area contributed by atoms with Gasteiger partial charge in [-0.25, -0.2) is 0 Å². The molecule has 5 aliphatic carbocycles. The molecule has 0 saturated heterocycles. The summed E-state index contributed by atoms with van der Waals surface area (Å²) in [5.74, 6) is -0.280. The third-order valence-electron chi connectivity index (χ3n) is 13.3. The second-order valence-electron chi connectivity index (χ2n) is 15.5. The van der Waals surface area contributed by atoms with Gasteiger partial charge in [-0.05, 0) is 104 Å². The normalized spacial score (nSPS) is 50.5. The minimum absolute atomic E-state index is 0.0644. The van der Waals surface area contributed by atoms with Gasteiger partial charge in [0.15, 0.2) is 5.78 Å². The molecule has 9 atom stereocenters. The van der Waals surface area contributed by atoms with E-state index in [1.807, 2.05) is 13.0 Å². The van der Waals surface area contributed by atoms with Crippen LogP contribution in [-0.2, 0) is 19.1 Å².